The molecule has 4 aliphatic rings. The fourth-order valence-electron chi connectivity index (χ4n) is 7.50. The maximum atomic E-state index is 13.9. The van der Waals surface area contributed by atoms with Crippen LogP contribution < -0.4 is 14.8 Å². The Balaban J connectivity index is 1.06. The second-order valence-corrected chi connectivity index (χ2v) is 13.6. The molecule has 0 unspecified atom stereocenters. The first-order chi connectivity index (χ1) is 23.8. The Morgan fingerprint density at radius 2 is 1.67 bits per heavy atom. The molecule has 2 N–H and O–H groups in total. The summed E-state index contributed by atoms with van der Waals surface area (Å²) in [5, 5.41) is 14.1. The molecule has 49 heavy (non-hydrogen) atoms. The number of unbranched alkanes of at least 4 members (excludes halogenated alkanes) is 1. The van der Waals surface area contributed by atoms with E-state index in [-0.39, 0.29) is 23.6 Å². The van der Waals surface area contributed by atoms with Crippen LogP contribution in [0.1, 0.15) is 61.4 Å². The summed E-state index contributed by atoms with van der Waals surface area (Å²) in [5.41, 5.74) is 0.752. The van der Waals surface area contributed by atoms with Gasteiger partial charge in [-0.25, -0.2) is 0 Å². The molecule has 0 bridgehead atoms. The topological polar surface area (TPSA) is 130 Å². The molecule has 2 aromatic rings. The molecule has 4 saturated heterocycles. The van der Waals surface area contributed by atoms with Gasteiger partial charge >= 0.3 is 0 Å². The number of aliphatic hydroxyl groups excluding tert-OH is 1. The van der Waals surface area contributed by atoms with Crippen molar-refractivity contribution >= 4 is 17.7 Å². The smallest absolute Gasteiger partial charge is 0.254 e. The second-order valence-electron chi connectivity index (χ2n) is 13.6. The lowest BCUT2D eigenvalue weighted by atomic mass is 9.79. The van der Waals surface area contributed by atoms with Gasteiger partial charge in [-0.15, -0.1) is 0 Å². The SMILES string of the molecule is CCCCN1C(=O)[C@@H]([C@H](O)C2CCOCC2)NC(=O)C12CCN(Cc1ccc(Oc3ccc(C(=O)N4CCOCC4)cc3OC)cc1)CC2. The number of hydrogen-bond donors (Lipinski definition) is 2. The molecule has 12 nitrogen and oxygen atoms in total. The summed E-state index contributed by atoms with van der Waals surface area (Å²) in [5.74, 6) is 1.22. The van der Waals surface area contributed by atoms with Crippen LogP contribution in [0.4, 0.5) is 0 Å². The molecule has 4 heterocycles. The Morgan fingerprint density at radius 3 is 2.35 bits per heavy atom. The summed E-state index contributed by atoms with van der Waals surface area (Å²) in [6.45, 7) is 7.97. The summed E-state index contributed by atoms with van der Waals surface area (Å²) in [7, 11) is 1.56. The lowest BCUT2D eigenvalue weighted by molar-refractivity contribution is -0.166. The molecular formula is C37H50N4O8. The van der Waals surface area contributed by atoms with Crippen LogP contribution in [0, 0.1) is 5.92 Å². The van der Waals surface area contributed by atoms with Gasteiger partial charge < -0.3 is 39.2 Å². The third-order valence-corrected chi connectivity index (χ3v) is 10.5. The van der Waals surface area contributed by atoms with Crippen molar-refractivity contribution in [1.82, 2.24) is 20.0 Å². The van der Waals surface area contributed by atoms with Crippen molar-refractivity contribution in [3.8, 4) is 17.2 Å². The number of carbonyl (C=O) groups is 3. The average Bonchev–Trinajstić information content (AvgIpc) is 3.15. The third kappa shape index (κ3) is 7.72. The number of carbonyl (C=O) groups excluding carboxylic acids is 3. The quantitative estimate of drug-likeness (QED) is 0.368. The molecule has 4 fully saturated rings. The largest absolute Gasteiger partial charge is 0.493 e. The molecule has 0 radical (unpaired) electrons. The molecule has 266 valence electrons. The zero-order valence-electron chi connectivity index (χ0n) is 28.7. The highest BCUT2D eigenvalue weighted by molar-refractivity contribution is 6.00. The predicted octanol–water partition coefficient (Wildman–Crippen LogP) is 3.21. The Labute approximate surface area is 288 Å². The number of amides is 3. The van der Waals surface area contributed by atoms with E-state index < -0.39 is 17.7 Å². The summed E-state index contributed by atoms with van der Waals surface area (Å²) in [6, 6.07) is 12.2. The van der Waals surface area contributed by atoms with Gasteiger partial charge in [0.25, 0.3) is 5.91 Å². The number of benzene rings is 2. The van der Waals surface area contributed by atoms with Crippen LogP contribution in [0.2, 0.25) is 0 Å². The minimum absolute atomic E-state index is 0.0564. The highest BCUT2D eigenvalue weighted by atomic mass is 16.5. The highest BCUT2D eigenvalue weighted by Crippen LogP contribution is 2.36. The van der Waals surface area contributed by atoms with Crippen LogP contribution >= 0.6 is 0 Å². The van der Waals surface area contributed by atoms with E-state index in [1.807, 2.05) is 24.3 Å². The number of nitrogens with zero attached hydrogens (tertiary/aromatic N) is 3. The average molecular weight is 679 g/mol. The van der Waals surface area contributed by atoms with E-state index in [1.54, 1.807) is 35.1 Å². The number of methoxy groups -OCH3 is 1. The van der Waals surface area contributed by atoms with Gasteiger partial charge in [-0.1, -0.05) is 25.5 Å². The Morgan fingerprint density at radius 1 is 0.980 bits per heavy atom. The molecule has 0 aliphatic carbocycles. The monoisotopic (exact) mass is 678 g/mol. The van der Waals surface area contributed by atoms with E-state index in [1.165, 1.54) is 0 Å². The molecule has 2 aromatic carbocycles. The maximum absolute atomic E-state index is 13.9. The molecule has 4 aliphatic heterocycles. The van der Waals surface area contributed by atoms with Gasteiger partial charge in [-0.2, -0.15) is 0 Å². The van der Waals surface area contributed by atoms with Gasteiger partial charge in [0.2, 0.25) is 11.8 Å². The number of piperazine rings is 1. The fraction of sp³-hybridized carbons (Fsp3) is 0.595. The zero-order chi connectivity index (χ0) is 34.4. The lowest BCUT2D eigenvalue weighted by Gasteiger charge is -2.52. The van der Waals surface area contributed by atoms with E-state index in [0.717, 1.165) is 18.4 Å². The van der Waals surface area contributed by atoms with Crippen molar-refractivity contribution in [2.75, 3.05) is 66.3 Å². The summed E-state index contributed by atoms with van der Waals surface area (Å²) >= 11 is 0. The van der Waals surface area contributed by atoms with Gasteiger partial charge in [0.15, 0.2) is 11.5 Å². The number of hydrogen-bond acceptors (Lipinski definition) is 9. The van der Waals surface area contributed by atoms with Crippen molar-refractivity contribution in [2.24, 2.45) is 5.92 Å². The van der Waals surface area contributed by atoms with Crippen LogP contribution in [-0.2, 0) is 25.6 Å². The lowest BCUT2D eigenvalue weighted by Crippen LogP contribution is -2.75. The normalized spacial score (nSPS) is 22.6. The molecule has 12 heteroatoms. The van der Waals surface area contributed by atoms with Crippen molar-refractivity contribution in [3.05, 3.63) is 53.6 Å². The summed E-state index contributed by atoms with van der Waals surface area (Å²) < 4.78 is 22.5. The minimum atomic E-state index is -0.918. The van der Waals surface area contributed by atoms with Crippen LogP contribution in [0.5, 0.6) is 17.2 Å². The third-order valence-electron chi connectivity index (χ3n) is 10.5. The Bertz CT molecular complexity index is 1450. The first-order valence-electron chi connectivity index (χ1n) is 17.8. The van der Waals surface area contributed by atoms with E-state index in [2.05, 4.69) is 17.1 Å². The Kier molecular flexibility index (Phi) is 11.4. The van der Waals surface area contributed by atoms with Gasteiger partial charge in [-0.05, 0) is 73.9 Å². The standard InChI is InChI=1S/C37H50N4O8/c1-3-4-15-41-35(44)32(33(42)27-11-20-47-21-12-27)38-36(45)37(41)13-16-39(17-14-37)25-26-5-8-29(9-6-26)49-30-10-7-28(24-31(30)46-2)34(43)40-18-22-48-23-19-40/h5-10,24,27,32-33,42H,3-4,11-23,25H2,1-2H3,(H,38,45)/t32-,33-/m1/s1. The van der Waals surface area contributed by atoms with E-state index in [0.29, 0.717) is 114 Å². The zero-order valence-corrected chi connectivity index (χ0v) is 28.7. The van der Waals surface area contributed by atoms with Crippen LogP contribution in [0.25, 0.3) is 0 Å². The van der Waals surface area contributed by atoms with Crippen molar-refractivity contribution in [1.29, 1.82) is 0 Å². The number of aliphatic hydroxyl groups is 1. The van der Waals surface area contributed by atoms with Gasteiger partial charge in [0.05, 0.1) is 26.4 Å². The number of rotatable bonds is 11. The van der Waals surface area contributed by atoms with Gasteiger partial charge in [0.1, 0.15) is 17.3 Å². The number of likely N-dealkylation sites (tertiary alicyclic amines) is 1. The fourth-order valence-corrected chi connectivity index (χ4v) is 7.50. The Hall–Kier alpha value is -3.71. The van der Waals surface area contributed by atoms with Crippen molar-refractivity contribution < 1.29 is 38.4 Å². The molecule has 3 amide bonds. The highest BCUT2D eigenvalue weighted by Gasteiger charge is 2.55. The summed E-state index contributed by atoms with van der Waals surface area (Å²) in [6.07, 6.45) is 3.25. The van der Waals surface area contributed by atoms with E-state index in [9.17, 15) is 19.5 Å². The summed E-state index contributed by atoms with van der Waals surface area (Å²) in [4.78, 5) is 46.5. The number of morpholine rings is 1. The van der Waals surface area contributed by atoms with Crippen LogP contribution in [0.3, 0.4) is 0 Å². The number of piperidine rings is 1. The first-order valence-corrected chi connectivity index (χ1v) is 17.8. The predicted molar refractivity (Wildman–Crippen MR) is 182 cm³/mol. The molecule has 2 atom stereocenters. The maximum Gasteiger partial charge on any atom is 0.254 e. The minimum Gasteiger partial charge on any atom is -0.493 e. The molecular weight excluding hydrogens is 628 g/mol. The molecule has 0 saturated carbocycles. The van der Waals surface area contributed by atoms with Crippen molar-refractivity contribution in [3.63, 3.8) is 0 Å². The van der Waals surface area contributed by atoms with Gasteiger partial charge in [0, 0.05) is 58.0 Å². The molecule has 0 aromatic heterocycles. The molecule has 6 rings (SSSR count). The number of nitrogens with one attached hydrogen (secondary N) is 1. The van der Waals surface area contributed by atoms with E-state index >= 15 is 0 Å². The van der Waals surface area contributed by atoms with E-state index in [4.69, 9.17) is 18.9 Å². The van der Waals surface area contributed by atoms with Crippen LogP contribution in [-0.4, -0.2) is 121 Å². The first kappa shape index (κ1) is 35.1. The van der Waals surface area contributed by atoms with Crippen LogP contribution in [0.15, 0.2) is 42.5 Å². The van der Waals surface area contributed by atoms with Crippen molar-refractivity contribution in [2.45, 2.75) is 69.7 Å². The second kappa shape index (κ2) is 15.9. The van der Waals surface area contributed by atoms with Gasteiger partial charge in [-0.3, -0.25) is 19.3 Å². The number of ether oxygens (including phenoxy) is 4. The molecule has 1 spiro atoms.